The third-order valence-corrected chi connectivity index (χ3v) is 5.41. The Morgan fingerprint density at radius 3 is 2.33 bits per heavy atom. The molecule has 1 atom stereocenters. The van der Waals surface area contributed by atoms with Gasteiger partial charge in [-0.3, -0.25) is 0 Å². The van der Waals surface area contributed by atoms with Crippen LogP contribution in [0.3, 0.4) is 0 Å². The third kappa shape index (κ3) is 6.15. The Bertz CT molecular complexity index is 749. The average molecular weight is 376 g/mol. The molecule has 2 aromatic rings. The molecular weight excluding hydrogens is 358 g/mol. The number of rotatable bonds is 8. The van der Waals surface area contributed by atoms with E-state index in [0.717, 1.165) is 20.2 Å². The van der Waals surface area contributed by atoms with Gasteiger partial charge in [0.1, 0.15) is 0 Å². The lowest BCUT2D eigenvalue weighted by molar-refractivity contribution is 0.282. The van der Waals surface area contributed by atoms with E-state index in [4.69, 9.17) is 5.11 Å². The maximum Gasteiger partial charge on any atom is 0.0772 e. The van der Waals surface area contributed by atoms with Crippen LogP contribution < -0.4 is 0 Å². The van der Waals surface area contributed by atoms with Gasteiger partial charge in [0, 0.05) is 20.1 Å². The Labute approximate surface area is 154 Å². The van der Waals surface area contributed by atoms with Gasteiger partial charge in [-0.2, -0.15) is 0 Å². The van der Waals surface area contributed by atoms with Crippen LogP contribution in [0, 0.1) is 0 Å². The van der Waals surface area contributed by atoms with Crippen LogP contribution in [0.25, 0.3) is 0 Å². The number of aliphatic hydroxyl groups excluding tert-OH is 1. The minimum Gasteiger partial charge on any atom is -0.392 e. The summed E-state index contributed by atoms with van der Waals surface area (Å²) >= 11 is 6.11. The predicted octanol–water partition coefficient (Wildman–Crippen LogP) is 4.44. The van der Waals surface area contributed by atoms with Gasteiger partial charge in [0.25, 0.3) is 0 Å². The molecule has 1 N–H and O–H groups in total. The van der Waals surface area contributed by atoms with Gasteiger partial charge in [-0.05, 0) is 60.6 Å². The van der Waals surface area contributed by atoms with Gasteiger partial charge < -0.3 is 5.11 Å². The fourth-order valence-electron chi connectivity index (χ4n) is 1.86. The van der Waals surface area contributed by atoms with Crippen LogP contribution in [0.15, 0.2) is 79.7 Å². The van der Waals surface area contributed by atoms with Gasteiger partial charge in [0.2, 0.25) is 0 Å². The Morgan fingerprint density at radius 1 is 1.12 bits per heavy atom. The molecule has 0 aliphatic heterocycles. The van der Waals surface area contributed by atoms with Crippen molar-refractivity contribution in [2.45, 2.75) is 27.7 Å². The molecule has 0 aromatic heterocycles. The number of isothiocyanates is 1. The van der Waals surface area contributed by atoms with E-state index in [2.05, 4.69) is 22.4 Å². The van der Waals surface area contributed by atoms with Crippen LogP contribution in [0.2, 0.25) is 0 Å². The van der Waals surface area contributed by atoms with E-state index in [-0.39, 0.29) is 6.61 Å². The molecule has 24 heavy (non-hydrogen) atoms. The van der Waals surface area contributed by atoms with E-state index in [9.17, 15) is 4.21 Å². The third-order valence-electron chi connectivity index (χ3n) is 3.09. The number of hydrogen-bond donors (Lipinski definition) is 1. The maximum absolute atomic E-state index is 12.1. The van der Waals surface area contributed by atoms with Crippen LogP contribution in [-0.4, -0.2) is 21.0 Å². The second kappa shape index (κ2) is 10.3. The number of thiocarbonyl (C=S) groups is 1. The molecule has 0 heterocycles. The molecule has 2 aromatic carbocycles. The first-order valence-electron chi connectivity index (χ1n) is 7.31. The first-order chi connectivity index (χ1) is 11.7. The fourth-order valence-corrected chi connectivity index (χ4v) is 3.64. The summed E-state index contributed by atoms with van der Waals surface area (Å²) in [6, 6.07) is 15.4. The second-order valence-corrected chi connectivity index (χ2v) is 7.47. The second-order valence-electron chi connectivity index (χ2n) is 4.81. The van der Waals surface area contributed by atoms with Gasteiger partial charge in [-0.25, -0.2) is 9.20 Å². The monoisotopic (exact) mass is 375 g/mol. The SMILES string of the molecule is O=S(/C=C/CCN=C=S)c1ccc(Sc2ccc(CO)cc2)cc1. The molecule has 0 aliphatic carbocycles. The molecule has 0 saturated carbocycles. The molecule has 0 spiro atoms. The smallest absolute Gasteiger partial charge is 0.0772 e. The molecular formula is C18H17NO2S3. The molecule has 0 saturated heterocycles. The van der Waals surface area contributed by atoms with Crippen LogP contribution in [0.4, 0.5) is 0 Å². The van der Waals surface area contributed by atoms with E-state index < -0.39 is 10.8 Å². The minimum atomic E-state index is -1.15. The van der Waals surface area contributed by atoms with E-state index in [1.54, 1.807) is 17.2 Å². The highest BCUT2D eigenvalue weighted by molar-refractivity contribution is 7.99. The Balaban J connectivity index is 1.94. The summed E-state index contributed by atoms with van der Waals surface area (Å²) < 4.78 is 12.1. The number of benzene rings is 2. The Morgan fingerprint density at radius 2 is 1.75 bits per heavy atom. The van der Waals surface area contributed by atoms with Crippen molar-refractivity contribution in [3.8, 4) is 0 Å². The predicted molar refractivity (Wildman–Crippen MR) is 103 cm³/mol. The van der Waals surface area contributed by atoms with E-state index in [0.29, 0.717) is 13.0 Å². The lowest BCUT2D eigenvalue weighted by Gasteiger charge is -2.04. The number of nitrogens with zero attached hydrogens (tertiary/aromatic N) is 1. The van der Waals surface area contributed by atoms with Gasteiger partial charge in [0.05, 0.1) is 29.1 Å². The molecule has 124 valence electrons. The minimum absolute atomic E-state index is 0.0524. The van der Waals surface area contributed by atoms with Crippen LogP contribution >= 0.6 is 24.0 Å². The van der Waals surface area contributed by atoms with Crippen molar-refractivity contribution in [1.29, 1.82) is 0 Å². The molecule has 2 rings (SSSR count). The number of hydrogen-bond acceptors (Lipinski definition) is 5. The standard InChI is InChI=1S/C18H17NO2S3/c20-13-15-3-5-16(6-4-15)23-17-7-9-18(10-8-17)24(21)12-2-1-11-19-14-22/h2-10,12,20H,1,11,13H2/b12-2+. The molecule has 0 aliphatic rings. The molecule has 0 radical (unpaired) electrons. The molecule has 0 bridgehead atoms. The quantitative estimate of drug-likeness (QED) is 0.421. The van der Waals surface area contributed by atoms with Crippen molar-refractivity contribution < 1.29 is 9.32 Å². The van der Waals surface area contributed by atoms with Gasteiger partial charge in [0.15, 0.2) is 0 Å². The molecule has 0 amide bonds. The summed E-state index contributed by atoms with van der Waals surface area (Å²) in [5.41, 5.74) is 0.896. The van der Waals surface area contributed by atoms with Gasteiger partial charge in [-0.15, -0.1) is 0 Å². The zero-order valence-electron chi connectivity index (χ0n) is 12.9. The van der Waals surface area contributed by atoms with Crippen molar-refractivity contribution in [3.05, 3.63) is 65.6 Å². The van der Waals surface area contributed by atoms with E-state index >= 15 is 0 Å². The van der Waals surface area contributed by atoms with E-state index in [1.165, 1.54) is 0 Å². The number of aliphatic imine (C=N–C) groups is 1. The Kier molecular flexibility index (Phi) is 8.08. The summed E-state index contributed by atoms with van der Waals surface area (Å²) in [6.07, 6.45) is 2.55. The number of aliphatic hydroxyl groups is 1. The lowest BCUT2D eigenvalue weighted by Crippen LogP contribution is -1.87. The maximum atomic E-state index is 12.1. The van der Waals surface area contributed by atoms with Crippen molar-refractivity contribution in [1.82, 2.24) is 0 Å². The highest BCUT2D eigenvalue weighted by atomic mass is 32.2. The lowest BCUT2D eigenvalue weighted by atomic mass is 10.2. The first kappa shape index (κ1) is 18.8. The summed E-state index contributed by atoms with van der Waals surface area (Å²) in [5.74, 6) is 0. The topological polar surface area (TPSA) is 49.7 Å². The normalized spacial score (nSPS) is 12.0. The largest absolute Gasteiger partial charge is 0.392 e. The summed E-state index contributed by atoms with van der Waals surface area (Å²) in [6.45, 7) is 0.624. The molecule has 3 nitrogen and oxygen atoms in total. The van der Waals surface area contributed by atoms with Crippen molar-refractivity contribution in [2.75, 3.05) is 6.54 Å². The van der Waals surface area contributed by atoms with Crippen molar-refractivity contribution in [3.63, 3.8) is 0 Å². The zero-order valence-corrected chi connectivity index (χ0v) is 15.4. The summed E-state index contributed by atoms with van der Waals surface area (Å²) in [5, 5.41) is 13.0. The van der Waals surface area contributed by atoms with Crippen molar-refractivity contribution >= 4 is 39.9 Å². The van der Waals surface area contributed by atoms with Gasteiger partial charge in [-0.1, -0.05) is 30.0 Å². The van der Waals surface area contributed by atoms with E-state index in [1.807, 2.05) is 54.6 Å². The fraction of sp³-hybridized carbons (Fsp3) is 0.167. The molecule has 1 unspecified atom stereocenters. The van der Waals surface area contributed by atoms with Crippen LogP contribution in [0.1, 0.15) is 12.0 Å². The average Bonchev–Trinajstić information content (AvgIpc) is 2.62. The highest BCUT2D eigenvalue weighted by Crippen LogP contribution is 2.28. The van der Waals surface area contributed by atoms with Gasteiger partial charge >= 0.3 is 0 Å². The Hall–Kier alpha value is -1.56. The zero-order chi connectivity index (χ0) is 17.2. The van der Waals surface area contributed by atoms with Crippen LogP contribution in [0.5, 0.6) is 0 Å². The molecule has 0 fully saturated rings. The first-order valence-corrected chi connectivity index (χ1v) is 9.75. The van der Waals surface area contributed by atoms with Crippen LogP contribution in [-0.2, 0) is 17.4 Å². The molecule has 6 heteroatoms. The summed E-state index contributed by atoms with van der Waals surface area (Å²) in [4.78, 5) is 6.74. The highest BCUT2D eigenvalue weighted by Gasteiger charge is 2.02. The van der Waals surface area contributed by atoms with Crippen molar-refractivity contribution in [2.24, 2.45) is 4.99 Å². The summed E-state index contributed by atoms with van der Waals surface area (Å²) in [7, 11) is -1.15.